The zero-order valence-corrected chi connectivity index (χ0v) is 9.44. The zero-order chi connectivity index (χ0) is 12.0. The molecule has 0 fully saturated rings. The molecule has 0 amide bonds. The van der Waals surface area contributed by atoms with Gasteiger partial charge in [0.05, 0.1) is 21.9 Å². The molecule has 0 aromatic heterocycles. The summed E-state index contributed by atoms with van der Waals surface area (Å²) in [4.78, 5) is 15.0. The minimum atomic E-state index is -0.440. The maximum atomic E-state index is 11.1. The van der Waals surface area contributed by atoms with Crippen molar-refractivity contribution in [2.24, 2.45) is 4.99 Å². The van der Waals surface area contributed by atoms with E-state index in [1.807, 2.05) is 24.3 Å². The van der Waals surface area contributed by atoms with Gasteiger partial charge in [0.1, 0.15) is 5.03 Å². The number of rotatable bonds is 1. The molecule has 3 rings (SSSR count). The Kier molecular flexibility index (Phi) is 2.12. The van der Waals surface area contributed by atoms with Gasteiger partial charge in [-0.1, -0.05) is 35.9 Å². The van der Waals surface area contributed by atoms with Gasteiger partial charge < -0.3 is 0 Å². The first-order valence-corrected chi connectivity index (χ1v) is 5.48. The van der Waals surface area contributed by atoms with Crippen LogP contribution in [0.2, 0.25) is 0 Å². The van der Waals surface area contributed by atoms with Crippen LogP contribution in [0.1, 0.15) is 12.0 Å². The van der Waals surface area contributed by atoms with E-state index >= 15 is 0 Å². The second-order valence-corrected chi connectivity index (χ2v) is 4.22. The van der Waals surface area contributed by atoms with E-state index in [-0.39, 0.29) is 10.7 Å². The largest absolute Gasteiger partial charge is 0.297 e. The van der Waals surface area contributed by atoms with Crippen LogP contribution < -0.4 is 0 Å². The maximum absolute atomic E-state index is 11.1. The highest BCUT2D eigenvalue weighted by molar-refractivity contribution is 6.38. The van der Waals surface area contributed by atoms with E-state index in [9.17, 15) is 10.1 Å². The molecule has 0 saturated carbocycles. The highest BCUT2D eigenvalue weighted by Crippen LogP contribution is 2.42. The van der Waals surface area contributed by atoms with Crippen molar-refractivity contribution in [2.75, 3.05) is 0 Å². The van der Waals surface area contributed by atoms with E-state index in [2.05, 4.69) is 4.99 Å². The van der Waals surface area contributed by atoms with Crippen LogP contribution in [0.15, 0.2) is 46.1 Å². The van der Waals surface area contributed by atoms with Crippen molar-refractivity contribution in [3.8, 4) is 0 Å². The van der Waals surface area contributed by atoms with Crippen molar-refractivity contribution in [3.63, 3.8) is 0 Å². The molecule has 2 aliphatic rings. The van der Waals surface area contributed by atoms with Crippen LogP contribution in [0.3, 0.4) is 0 Å². The number of hydrogen-bond donors (Lipinski definition) is 0. The highest BCUT2D eigenvalue weighted by atomic mass is 35.5. The summed E-state index contributed by atoms with van der Waals surface area (Å²) >= 11 is 5.92. The Bertz CT molecular complexity index is 629. The quantitative estimate of drug-likeness (QED) is 0.564. The first-order chi connectivity index (χ1) is 8.18. The lowest BCUT2D eigenvalue weighted by Crippen LogP contribution is -2.11. The molecule has 0 atom stereocenters. The van der Waals surface area contributed by atoms with Crippen LogP contribution in [0.5, 0.6) is 0 Å². The monoisotopic (exact) mass is 246 g/mol. The molecule has 0 unspecified atom stereocenters. The average molecular weight is 247 g/mol. The molecule has 5 heteroatoms. The number of para-hydroxylation sites is 1. The summed E-state index contributed by atoms with van der Waals surface area (Å²) in [6.07, 6.45) is 2.17. The van der Waals surface area contributed by atoms with E-state index in [1.54, 1.807) is 6.08 Å². The smallest absolute Gasteiger partial charge is 0.258 e. The van der Waals surface area contributed by atoms with Gasteiger partial charge in [0.2, 0.25) is 0 Å². The molecule has 0 N–H and O–H groups in total. The maximum Gasteiger partial charge on any atom is 0.297 e. The summed E-state index contributed by atoms with van der Waals surface area (Å²) in [6, 6.07) is 7.38. The number of halogens is 1. The van der Waals surface area contributed by atoms with Gasteiger partial charge in [-0.2, -0.15) is 0 Å². The normalized spacial score (nSPS) is 17.2. The van der Waals surface area contributed by atoms with Crippen LogP contribution in [0.4, 0.5) is 5.69 Å². The summed E-state index contributed by atoms with van der Waals surface area (Å²) in [5, 5.41) is 11.3. The third-order valence-electron chi connectivity index (χ3n) is 2.84. The van der Waals surface area contributed by atoms with E-state index in [0.29, 0.717) is 12.0 Å². The van der Waals surface area contributed by atoms with Crippen LogP contribution in [-0.4, -0.2) is 10.6 Å². The van der Waals surface area contributed by atoms with Crippen LogP contribution in [-0.2, 0) is 0 Å². The van der Waals surface area contributed by atoms with Crippen LogP contribution in [0.25, 0.3) is 5.57 Å². The second-order valence-electron chi connectivity index (χ2n) is 3.81. The number of hydrogen-bond acceptors (Lipinski definition) is 3. The Balaban J connectivity index is 2.33. The third kappa shape index (κ3) is 1.41. The average Bonchev–Trinajstić information content (AvgIpc) is 2.67. The fourth-order valence-electron chi connectivity index (χ4n) is 2.13. The molecule has 0 bridgehead atoms. The highest BCUT2D eigenvalue weighted by Gasteiger charge is 2.34. The van der Waals surface area contributed by atoms with Gasteiger partial charge in [0.25, 0.3) is 5.70 Å². The zero-order valence-electron chi connectivity index (χ0n) is 8.68. The Morgan fingerprint density at radius 3 is 2.88 bits per heavy atom. The van der Waals surface area contributed by atoms with E-state index < -0.39 is 4.92 Å². The Morgan fingerprint density at radius 1 is 1.35 bits per heavy atom. The molecule has 0 saturated heterocycles. The number of benzene rings is 1. The summed E-state index contributed by atoms with van der Waals surface area (Å²) in [7, 11) is 0. The molecule has 84 valence electrons. The standard InChI is InChI=1S/C12H7ClN2O2/c13-8-5-6-10-11(12(8)15(16)17)7-3-1-2-4-9(7)14-10/h1-5H,6H2. The number of aliphatic imine (C=N–C) groups is 1. The molecule has 1 heterocycles. The van der Waals surface area contributed by atoms with Crippen LogP contribution in [0, 0.1) is 10.1 Å². The van der Waals surface area contributed by atoms with Crippen molar-refractivity contribution >= 4 is 28.6 Å². The fraction of sp³-hybridized carbons (Fsp3) is 0.0833. The summed E-state index contributed by atoms with van der Waals surface area (Å²) in [6.45, 7) is 0. The SMILES string of the molecule is O=[N+]([O-])C1=C2C(=Nc3ccccc32)CC=C1Cl. The van der Waals surface area contributed by atoms with Gasteiger partial charge in [0, 0.05) is 12.0 Å². The van der Waals surface area contributed by atoms with E-state index in [4.69, 9.17) is 11.6 Å². The lowest BCUT2D eigenvalue weighted by Gasteiger charge is -2.10. The topological polar surface area (TPSA) is 55.5 Å². The predicted molar refractivity (Wildman–Crippen MR) is 66.0 cm³/mol. The number of nitrogens with zero attached hydrogens (tertiary/aromatic N) is 2. The van der Waals surface area contributed by atoms with Crippen molar-refractivity contribution in [1.82, 2.24) is 0 Å². The second kappa shape index (κ2) is 3.53. The third-order valence-corrected chi connectivity index (χ3v) is 3.17. The van der Waals surface area contributed by atoms with E-state index in [1.165, 1.54) is 0 Å². The van der Waals surface area contributed by atoms with Gasteiger partial charge in [-0.25, -0.2) is 0 Å². The lowest BCUT2D eigenvalue weighted by atomic mass is 9.95. The molecular weight excluding hydrogens is 240 g/mol. The summed E-state index contributed by atoms with van der Waals surface area (Å²) < 4.78 is 0. The Labute approximate surface area is 102 Å². The first-order valence-electron chi connectivity index (χ1n) is 5.10. The van der Waals surface area contributed by atoms with Gasteiger partial charge in [-0.15, -0.1) is 0 Å². The molecule has 1 aromatic carbocycles. The van der Waals surface area contributed by atoms with Crippen molar-refractivity contribution in [3.05, 3.63) is 56.7 Å². The number of fused-ring (bicyclic) bond motifs is 3. The predicted octanol–water partition coefficient (Wildman–Crippen LogP) is 3.29. The Morgan fingerprint density at radius 2 is 2.12 bits per heavy atom. The molecular formula is C12H7ClN2O2. The minimum absolute atomic E-state index is 0.0402. The molecule has 1 aliphatic carbocycles. The first kappa shape index (κ1) is 10.2. The van der Waals surface area contributed by atoms with Crippen LogP contribution >= 0.6 is 11.6 Å². The van der Waals surface area contributed by atoms with E-state index in [0.717, 1.165) is 17.0 Å². The van der Waals surface area contributed by atoms with Crippen molar-refractivity contribution in [2.45, 2.75) is 6.42 Å². The molecule has 0 spiro atoms. The summed E-state index contributed by atoms with van der Waals surface area (Å²) in [5.74, 6) is 0. The summed E-state index contributed by atoms with van der Waals surface area (Å²) in [5.41, 5.74) is 2.82. The van der Waals surface area contributed by atoms with Crippen molar-refractivity contribution in [1.29, 1.82) is 0 Å². The fourth-order valence-corrected chi connectivity index (χ4v) is 2.37. The number of nitro groups is 1. The minimum Gasteiger partial charge on any atom is -0.258 e. The molecule has 0 radical (unpaired) electrons. The molecule has 17 heavy (non-hydrogen) atoms. The van der Waals surface area contributed by atoms with Gasteiger partial charge in [-0.05, 0) is 6.07 Å². The van der Waals surface area contributed by atoms with Crippen molar-refractivity contribution < 1.29 is 4.92 Å². The van der Waals surface area contributed by atoms with Gasteiger partial charge in [0.15, 0.2) is 0 Å². The lowest BCUT2D eigenvalue weighted by molar-refractivity contribution is -0.418. The molecule has 4 nitrogen and oxygen atoms in total. The molecule has 1 aliphatic heterocycles. The Hall–Kier alpha value is -1.94. The van der Waals surface area contributed by atoms with Gasteiger partial charge in [-0.3, -0.25) is 15.1 Å². The molecule has 1 aromatic rings. The number of allylic oxidation sites excluding steroid dienone is 3. The van der Waals surface area contributed by atoms with Gasteiger partial charge >= 0.3 is 0 Å².